The molecule has 1 aromatic carbocycles. The normalized spacial score (nSPS) is 10.4. The minimum Gasteiger partial charge on any atom is -0.481 e. The van der Waals surface area contributed by atoms with E-state index >= 15 is 0 Å². The van der Waals surface area contributed by atoms with Gasteiger partial charge in [0.2, 0.25) is 0 Å². The summed E-state index contributed by atoms with van der Waals surface area (Å²) in [4.78, 5) is 12.8. The molecule has 0 aliphatic rings. The van der Waals surface area contributed by atoms with Crippen molar-refractivity contribution < 1.29 is 9.90 Å². The van der Waals surface area contributed by atoms with Crippen molar-refractivity contribution in [2.24, 2.45) is 5.73 Å². The number of nitrogens with zero attached hydrogens (tertiary/aromatic N) is 1. The highest BCUT2D eigenvalue weighted by molar-refractivity contribution is 5.68. The first-order valence-electron chi connectivity index (χ1n) is 6.35. The van der Waals surface area contributed by atoms with Gasteiger partial charge in [0.1, 0.15) is 0 Å². The standard InChI is InChI=1S/C14H22N2O2/c1-3-12-6-4-5-11(2)14(12)16(10-8-15)9-7-13(17)18/h4-6H,3,7-10,15H2,1-2H3,(H,17,18). The second kappa shape index (κ2) is 7.01. The molecule has 0 fully saturated rings. The Labute approximate surface area is 108 Å². The Morgan fingerprint density at radius 2 is 2.11 bits per heavy atom. The topological polar surface area (TPSA) is 66.6 Å². The van der Waals surface area contributed by atoms with Crippen LogP contribution >= 0.6 is 0 Å². The smallest absolute Gasteiger partial charge is 0.305 e. The summed E-state index contributed by atoms with van der Waals surface area (Å²) in [5.74, 6) is -0.774. The molecule has 0 unspecified atom stereocenters. The first kappa shape index (κ1) is 14.5. The summed E-state index contributed by atoms with van der Waals surface area (Å²) in [6.07, 6.45) is 1.07. The number of aliphatic carboxylic acids is 1. The Morgan fingerprint density at radius 3 is 2.67 bits per heavy atom. The molecule has 18 heavy (non-hydrogen) atoms. The minimum absolute atomic E-state index is 0.136. The van der Waals surface area contributed by atoms with E-state index in [1.165, 1.54) is 11.1 Å². The van der Waals surface area contributed by atoms with Crippen LogP contribution in [0.15, 0.2) is 18.2 Å². The minimum atomic E-state index is -0.774. The molecule has 0 radical (unpaired) electrons. The van der Waals surface area contributed by atoms with Gasteiger partial charge in [-0.15, -0.1) is 0 Å². The van der Waals surface area contributed by atoms with Crippen LogP contribution in [0.3, 0.4) is 0 Å². The fourth-order valence-corrected chi connectivity index (χ4v) is 2.18. The molecule has 3 N–H and O–H groups in total. The van der Waals surface area contributed by atoms with Crippen molar-refractivity contribution in [2.45, 2.75) is 26.7 Å². The predicted molar refractivity (Wildman–Crippen MR) is 74.1 cm³/mol. The lowest BCUT2D eigenvalue weighted by atomic mass is 10.0. The van der Waals surface area contributed by atoms with E-state index in [1.54, 1.807) is 0 Å². The van der Waals surface area contributed by atoms with Crippen LogP contribution in [0.4, 0.5) is 5.69 Å². The van der Waals surface area contributed by atoms with E-state index in [0.717, 1.165) is 12.1 Å². The number of carbonyl (C=O) groups is 1. The number of carboxylic acid groups (broad SMARTS) is 1. The molecule has 1 aromatic rings. The SMILES string of the molecule is CCc1cccc(C)c1N(CCN)CCC(=O)O. The third kappa shape index (κ3) is 3.74. The summed E-state index contributed by atoms with van der Waals surface area (Å²) in [5.41, 5.74) is 9.19. The lowest BCUT2D eigenvalue weighted by Gasteiger charge is -2.27. The van der Waals surface area contributed by atoms with Gasteiger partial charge in [0.25, 0.3) is 0 Å². The number of hydrogen-bond acceptors (Lipinski definition) is 3. The van der Waals surface area contributed by atoms with E-state index in [2.05, 4.69) is 30.9 Å². The van der Waals surface area contributed by atoms with E-state index in [-0.39, 0.29) is 6.42 Å². The van der Waals surface area contributed by atoms with Gasteiger partial charge >= 0.3 is 5.97 Å². The van der Waals surface area contributed by atoms with Crippen molar-refractivity contribution in [1.29, 1.82) is 0 Å². The first-order chi connectivity index (χ1) is 8.60. The molecule has 4 heteroatoms. The monoisotopic (exact) mass is 250 g/mol. The number of rotatable bonds is 7. The van der Waals surface area contributed by atoms with Gasteiger partial charge in [0.15, 0.2) is 0 Å². The van der Waals surface area contributed by atoms with Crippen LogP contribution in [-0.2, 0) is 11.2 Å². The predicted octanol–water partition coefficient (Wildman–Crippen LogP) is 1.80. The largest absolute Gasteiger partial charge is 0.481 e. The zero-order valence-electron chi connectivity index (χ0n) is 11.1. The Balaban J connectivity index is 3.00. The van der Waals surface area contributed by atoms with Crippen LogP contribution in [0, 0.1) is 6.92 Å². The molecule has 100 valence electrons. The van der Waals surface area contributed by atoms with Crippen molar-refractivity contribution in [3.05, 3.63) is 29.3 Å². The van der Waals surface area contributed by atoms with Crippen molar-refractivity contribution in [2.75, 3.05) is 24.5 Å². The number of aryl methyl sites for hydroxylation is 2. The zero-order chi connectivity index (χ0) is 13.5. The molecule has 0 heterocycles. The zero-order valence-corrected chi connectivity index (χ0v) is 11.1. The average molecular weight is 250 g/mol. The summed E-state index contributed by atoms with van der Waals surface area (Å²) < 4.78 is 0. The molecule has 4 nitrogen and oxygen atoms in total. The van der Waals surface area contributed by atoms with E-state index < -0.39 is 5.97 Å². The number of para-hydroxylation sites is 1. The second-order valence-electron chi connectivity index (χ2n) is 4.36. The molecular weight excluding hydrogens is 228 g/mol. The molecule has 0 bridgehead atoms. The van der Waals surface area contributed by atoms with Gasteiger partial charge in [-0.2, -0.15) is 0 Å². The maximum Gasteiger partial charge on any atom is 0.305 e. The summed E-state index contributed by atoms with van der Waals surface area (Å²) in [6, 6.07) is 6.18. The fraction of sp³-hybridized carbons (Fsp3) is 0.500. The van der Waals surface area contributed by atoms with Crippen LogP contribution in [0.1, 0.15) is 24.5 Å². The average Bonchev–Trinajstić information content (AvgIpc) is 2.34. The van der Waals surface area contributed by atoms with Crippen LogP contribution in [0.5, 0.6) is 0 Å². The van der Waals surface area contributed by atoms with Crippen LogP contribution < -0.4 is 10.6 Å². The maximum atomic E-state index is 10.7. The number of benzene rings is 1. The van der Waals surface area contributed by atoms with Crippen molar-refractivity contribution in [1.82, 2.24) is 0 Å². The molecule has 0 atom stereocenters. The van der Waals surface area contributed by atoms with Gasteiger partial charge in [0, 0.05) is 25.3 Å². The van der Waals surface area contributed by atoms with Gasteiger partial charge in [-0.3, -0.25) is 4.79 Å². The number of anilines is 1. The molecule has 0 amide bonds. The van der Waals surface area contributed by atoms with Crippen LogP contribution in [0.25, 0.3) is 0 Å². The third-order valence-corrected chi connectivity index (χ3v) is 3.01. The molecule has 0 spiro atoms. The van der Waals surface area contributed by atoms with Crippen molar-refractivity contribution >= 4 is 11.7 Å². The molecule has 0 saturated carbocycles. The maximum absolute atomic E-state index is 10.7. The highest BCUT2D eigenvalue weighted by atomic mass is 16.4. The molecule has 0 saturated heterocycles. The highest BCUT2D eigenvalue weighted by Crippen LogP contribution is 2.25. The van der Waals surface area contributed by atoms with Crippen molar-refractivity contribution in [3.63, 3.8) is 0 Å². The third-order valence-electron chi connectivity index (χ3n) is 3.01. The molecule has 0 aromatic heterocycles. The lowest BCUT2D eigenvalue weighted by molar-refractivity contribution is -0.136. The summed E-state index contributed by atoms with van der Waals surface area (Å²) in [5, 5.41) is 8.82. The first-order valence-corrected chi connectivity index (χ1v) is 6.35. The van der Waals surface area contributed by atoms with Crippen LogP contribution in [-0.4, -0.2) is 30.7 Å². The van der Waals surface area contributed by atoms with Gasteiger partial charge in [-0.1, -0.05) is 25.1 Å². The number of nitrogens with two attached hydrogens (primary N) is 1. The van der Waals surface area contributed by atoms with Gasteiger partial charge in [0.05, 0.1) is 6.42 Å². The van der Waals surface area contributed by atoms with Crippen LogP contribution in [0.2, 0.25) is 0 Å². The Kier molecular flexibility index (Phi) is 5.65. The van der Waals surface area contributed by atoms with E-state index in [4.69, 9.17) is 10.8 Å². The second-order valence-corrected chi connectivity index (χ2v) is 4.36. The Bertz CT molecular complexity index is 405. The molecule has 0 aliphatic heterocycles. The summed E-state index contributed by atoms with van der Waals surface area (Å²) in [6.45, 7) is 5.88. The highest BCUT2D eigenvalue weighted by Gasteiger charge is 2.13. The van der Waals surface area contributed by atoms with Gasteiger partial charge in [-0.25, -0.2) is 0 Å². The molecule has 0 aliphatic carbocycles. The Hall–Kier alpha value is -1.55. The Morgan fingerprint density at radius 1 is 1.39 bits per heavy atom. The van der Waals surface area contributed by atoms with Crippen molar-refractivity contribution in [3.8, 4) is 0 Å². The van der Waals surface area contributed by atoms with E-state index in [0.29, 0.717) is 19.6 Å². The van der Waals surface area contributed by atoms with E-state index in [9.17, 15) is 4.79 Å². The van der Waals surface area contributed by atoms with E-state index in [1.807, 2.05) is 6.07 Å². The summed E-state index contributed by atoms with van der Waals surface area (Å²) >= 11 is 0. The lowest BCUT2D eigenvalue weighted by Crippen LogP contribution is -2.32. The number of carboxylic acids is 1. The van der Waals surface area contributed by atoms with Gasteiger partial charge in [-0.05, 0) is 24.5 Å². The summed E-state index contributed by atoms with van der Waals surface area (Å²) in [7, 11) is 0. The van der Waals surface area contributed by atoms with Gasteiger partial charge < -0.3 is 15.7 Å². The molecular formula is C14H22N2O2. The number of hydrogen-bond donors (Lipinski definition) is 2. The molecule has 1 rings (SSSR count). The quantitative estimate of drug-likeness (QED) is 0.774. The fourth-order valence-electron chi connectivity index (χ4n) is 2.18.